The second kappa shape index (κ2) is 6.47. The fraction of sp³-hybridized carbons (Fsp3) is 1.00. The van der Waals surface area contributed by atoms with Crippen molar-refractivity contribution in [1.82, 2.24) is 0 Å². The lowest BCUT2D eigenvalue weighted by atomic mass is 10.3. The maximum absolute atomic E-state index is 2.17. The molecule has 56 valence electrons. The monoisotopic (exact) mass is 146 g/mol. The van der Waals surface area contributed by atoms with Gasteiger partial charge in [-0.25, -0.2) is 0 Å². The van der Waals surface area contributed by atoms with Crippen LogP contribution in [-0.2, 0) is 0 Å². The Kier molecular flexibility index (Phi) is 6.72. The molecule has 1 rings (SSSR count). The first kappa shape index (κ1) is 9.35. The van der Waals surface area contributed by atoms with Crippen LogP contribution in [0, 0.1) is 5.92 Å². The van der Waals surface area contributed by atoms with Crippen molar-refractivity contribution in [2.75, 3.05) is 11.5 Å². The second-order valence-corrected chi connectivity index (χ2v) is 4.28. The van der Waals surface area contributed by atoms with E-state index < -0.39 is 0 Å². The highest BCUT2D eigenvalue weighted by molar-refractivity contribution is 7.99. The van der Waals surface area contributed by atoms with Gasteiger partial charge in [-0.3, -0.25) is 0 Å². The predicted molar refractivity (Wildman–Crippen MR) is 47.1 cm³/mol. The van der Waals surface area contributed by atoms with Gasteiger partial charge < -0.3 is 0 Å². The van der Waals surface area contributed by atoms with E-state index in [4.69, 9.17) is 0 Å². The summed E-state index contributed by atoms with van der Waals surface area (Å²) in [5, 5.41) is 0. The van der Waals surface area contributed by atoms with Crippen LogP contribution < -0.4 is 0 Å². The first-order valence-electron chi connectivity index (χ1n) is 3.81. The summed E-state index contributed by atoms with van der Waals surface area (Å²) in [5.41, 5.74) is 0. The minimum absolute atomic E-state index is 0.833. The van der Waals surface area contributed by atoms with Crippen LogP contribution in [0.4, 0.5) is 0 Å². The molecule has 1 heteroatoms. The molecule has 0 bridgehead atoms. The lowest BCUT2D eigenvalue weighted by Crippen LogP contribution is -1.66. The quantitative estimate of drug-likeness (QED) is 0.506. The Morgan fingerprint density at radius 1 is 1.00 bits per heavy atom. The zero-order valence-electron chi connectivity index (χ0n) is 6.81. The third-order valence-corrected chi connectivity index (χ3v) is 1.98. The van der Waals surface area contributed by atoms with E-state index in [-0.39, 0.29) is 0 Å². The lowest BCUT2D eigenvalue weighted by Gasteiger charge is -1.79. The summed E-state index contributed by atoms with van der Waals surface area (Å²) >= 11 is 2.07. The molecule has 0 unspecified atom stereocenters. The van der Waals surface area contributed by atoms with Crippen LogP contribution in [0.2, 0.25) is 0 Å². The van der Waals surface area contributed by atoms with Gasteiger partial charge in [-0.2, -0.15) is 11.8 Å². The molecule has 0 amide bonds. The molecule has 0 atom stereocenters. The molecule has 0 spiro atoms. The molecule has 1 fully saturated rings. The Balaban J connectivity index is 0.000000148. The van der Waals surface area contributed by atoms with Crippen molar-refractivity contribution >= 4 is 11.8 Å². The van der Waals surface area contributed by atoms with E-state index in [0.29, 0.717) is 0 Å². The van der Waals surface area contributed by atoms with Crippen LogP contribution in [0.25, 0.3) is 0 Å². The van der Waals surface area contributed by atoms with Gasteiger partial charge in [0, 0.05) is 0 Å². The molecule has 0 aromatic rings. The molecule has 0 aromatic heterocycles. The molecular formula is C8H18S. The Labute approximate surface area is 63.4 Å². The molecule has 1 heterocycles. The van der Waals surface area contributed by atoms with Crippen LogP contribution in [0.1, 0.15) is 33.6 Å². The fourth-order valence-electron chi connectivity index (χ4n) is 0.510. The van der Waals surface area contributed by atoms with Crippen LogP contribution in [-0.4, -0.2) is 11.5 Å². The van der Waals surface area contributed by atoms with Crippen molar-refractivity contribution in [3.63, 3.8) is 0 Å². The normalized spacial score (nSPS) is 17.3. The van der Waals surface area contributed by atoms with Gasteiger partial charge in [0.15, 0.2) is 0 Å². The van der Waals surface area contributed by atoms with Gasteiger partial charge in [-0.15, -0.1) is 0 Å². The zero-order valence-corrected chi connectivity index (χ0v) is 7.63. The van der Waals surface area contributed by atoms with E-state index in [1.165, 1.54) is 24.3 Å². The number of hydrogen-bond acceptors (Lipinski definition) is 1. The smallest absolute Gasteiger partial charge is 0.00672 e. The Bertz CT molecular complexity index is 36.2. The fourth-order valence-corrected chi connectivity index (χ4v) is 1.53. The van der Waals surface area contributed by atoms with E-state index in [2.05, 4.69) is 32.5 Å². The van der Waals surface area contributed by atoms with Gasteiger partial charge in [0.05, 0.1) is 0 Å². The summed E-state index contributed by atoms with van der Waals surface area (Å²) < 4.78 is 0. The van der Waals surface area contributed by atoms with E-state index in [1.54, 1.807) is 0 Å². The third-order valence-electron chi connectivity index (χ3n) is 0.827. The van der Waals surface area contributed by atoms with Crippen molar-refractivity contribution in [2.24, 2.45) is 5.92 Å². The molecule has 0 aliphatic carbocycles. The van der Waals surface area contributed by atoms with Gasteiger partial charge in [0.2, 0.25) is 0 Å². The SMILES string of the molecule is C1CCSC1.CC(C)C. The maximum Gasteiger partial charge on any atom is -0.00672 e. The van der Waals surface area contributed by atoms with Crippen molar-refractivity contribution in [3.05, 3.63) is 0 Å². The molecule has 1 aliphatic rings. The minimum atomic E-state index is 0.833. The molecule has 1 aliphatic heterocycles. The van der Waals surface area contributed by atoms with Gasteiger partial charge in [-0.05, 0) is 30.3 Å². The first-order valence-corrected chi connectivity index (χ1v) is 4.96. The number of hydrogen-bond donors (Lipinski definition) is 0. The highest BCUT2D eigenvalue weighted by atomic mass is 32.2. The highest BCUT2D eigenvalue weighted by Gasteiger charge is 1.95. The van der Waals surface area contributed by atoms with E-state index in [1.807, 2.05) is 0 Å². The largest absolute Gasteiger partial charge is 0.162 e. The molecule has 0 nitrogen and oxygen atoms in total. The van der Waals surface area contributed by atoms with E-state index >= 15 is 0 Å². The van der Waals surface area contributed by atoms with Crippen LogP contribution in [0.5, 0.6) is 0 Å². The predicted octanol–water partition coefficient (Wildman–Crippen LogP) is 3.18. The van der Waals surface area contributed by atoms with Crippen LogP contribution in [0.3, 0.4) is 0 Å². The maximum atomic E-state index is 2.17. The summed E-state index contributed by atoms with van der Waals surface area (Å²) in [5.74, 6) is 3.67. The molecule has 0 N–H and O–H groups in total. The van der Waals surface area contributed by atoms with E-state index in [9.17, 15) is 0 Å². The topological polar surface area (TPSA) is 0 Å². The Hall–Kier alpha value is 0.350. The first-order chi connectivity index (χ1) is 4.23. The molecule has 1 saturated heterocycles. The van der Waals surface area contributed by atoms with Crippen molar-refractivity contribution in [3.8, 4) is 0 Å². The average Bonchev–Trinajstić information content (AvgIpc) is 2.11. The Morgan fingerprint density at radius 2 is 1.33 bits per heavy atom. The highest BCUT2D eigenvalue weighted by Crippen LogP contribution is 2.14. The summed E-state index contributed by atoms with van der Waals surface area (Å²) in [6.45, 7) is 6.50. The Morgan fingerprint density at radius 3 is 1.44 bits per heavy atom. The molecular weight excluding hydrogens is 128 g/mol. The zero-order chi connectivity index (χ0) is 7.11. The minimum Gasteiger partial charge on any atom is -0.162 e. The summed E-state index contributed by atoms with van der Waals surface area (Å²) in [6.07, 6.45) is 2.93. The van der Waals surface area contributed by atoms with Gasteiger partial charge >= 0.3 is 0 Å². The number of thioether (sulfide) groups is 1. The van der Waals surface area contributed by atoms with Crippen molar-refractivity contribution < 1.29 is 0 Å². The molecule has 0 radical (unpaired) electrons. The average molecular weight is 146 g/mol. The van der Waals surface area contributed by atoms with Gasteiger partial charge in [0.25, 0.3) is 0 Å². The van der Waals surface area contributed by atoms with Crippen LogP contribution in [0.15, 0.2) is 0 Å². The lowest BCUT2D eigenvalue weighted by molar-refractivity contribution is 0.737. The standard InChI is InChI=1S/C4H8S.C4H10/c1-2-4-5-3-1;1-4(2)3/h1-4H2;4H,1-3H3. The molecule has 0 aromatic carbocycles. The second-order valence-electron chi connectivity index (χ2n) is 3.05. The van der Waals surface area contributed by atoms with Crippen molar-refractivity contribution in [2.45, 2.75) is 33.6 Å². The van der Waals surface area contributed by atoms with Crippen molar-refractivity contribution in [1.29, 1.82) is 0 Å². The summed E-state index contributed by atoms with van der Waals surface area (Å²) in [4.78, 5) is 0. The van der Waals surface area contributed by atoms with Gasteiger partial charge in [0.1, 0.15) is 0 Å². The molecule has 9 heavy (non-hydrogen) atoms. The molecule has 0 saturated carbocycles. The summed E-state index contributed by atoms with van der Waals surface area (Å²) in [7, 11) is 0. The van der Waals surface area contributed by atoms with E-state index in [0.717, 1.165) is 5.92 Å². The number of rotatable bonds is 0. The third kappa shape index (κ3) is 11.8. The summed E-state index contributed by atoms with van der Waals surface area (Å²) in [6, 6.07) is 0. The van der Waals surface area contributed by atoms with Crippen LogP contribution >= 0.6 is 11.8 Å². The van der Waals surface area contributed by atoms with Gasteiger partial charge in [-0.1, -0.05) is 20.8 Å².